The van der Waals surface area contributed by atoms with Crippen LogP contribution in [0.2, 0.25) is 0 Å². The minimum absolute atomic E-state index is 0.114. The predicted molar refractivity (Wildman–Crippen MR) is 79.7 cm³/mol. The Labute approximate surface area is 137 Å². The van der Waals surface area contributed by atoms with Crippen LogP contribution < -0.4 is 15.2 Å². The molecular weight excluding hydrogens is 344 g/mol. The first-order valence-electron chi connectivity index (χ1n) is 6.64. The standard InChI is InChI=1S/C13H11F2N5O3S/c1-19-13(21)20(18-17-19)9-3-2-4-10(23-11(14)15)8(9)7-22-12-16-5-6-24-12/h2-6,11H,7H2,1H3. The van der Waals surface area contributed by atoms with Gasteiger partial charge in [-0.15, -0.1) is 0 Å². The van der Waals surface area contributed by atoms with Gasteiger partial charge in [0.05, 0.1) is 11.3 Å². The second kappa shape index (κ2) is 6.74. The third kappa shape index (κ3) is 3.25. The molecule has 1 aromatic carbocycles. The van der Waals surface area contributed by atoms with E-state index in [0.29, 0.717) is 5.19 Å². The van der Waals surface area contributed by atoms with Crippen LogP contribution in [0.15, 0.2) is 34.6 Å². The summed E-state index contributed by atoms with van der Waals surface area (Å²) in [5.41, 5.74) is -0.0573. The Bertz CT molecular complexity index is 878. The SMILES string of the molecule is Cn1nnn(-c2cccc(OC(F)F)c2COc2nccs2)c1=O. The zero-order valence-corrected chi connectivity index (χ0v) is 13.1. The van der Waals surface area contributed by atoms with Crippen molar-refractivity contribution in [3.8, 4) is 16.6 Å². The smallest absolute Gasteiger partial charge is 0.387 e. The molecule has 0 unspecified atom stereocenters. The van der Waals surface area contributed by atoms with E-state index in [-0.39, 0.29) is 23.6 Å². The quantitative estimate of drug-likeness (QED) is 0.668. The van der Waals surface area contributed by atoms with Gasteiger partial charge in [-0.3, -0.25) is 0 Å². The molecule has 0 saturated heterocycles. The number of benzene rings is 1. The van der Waals surface area contributed by atoms with Crippen molar-refractivity contribution in [1.82, 2.24) is 24.8 Å². The Morgan fingerprint density at radius 1 is 1.33 bits per heavy atom. The average molecular weight is 355 g/mol. The fourth-order valence-electron chi connectivity index (χ4n) is 1.98. The van der Waals surface area contributed by atoms with Crippen molar-refractivity contribution < 1.29 is 18.3 Å². The molecular formula is C13H11F2N5O3S. The van der Waals surface area contributed by atoms with Crippen LogP contribution in [0.3, 0.4) is 0 Å². The number of thiazole rings is 1. The third-order valence-electron chi connectivity index (χ3n) is 3.02. The molecule has 0 atom stereocenters. The van der Waals surface area contributed by atoms with Gasteiger partial charge in [-0.25, -0.2) is 9.78 Å². The highest BCUT2D eigenvalue weighted by Crippen LogP contribution is 2.28. The van der Waals surface area contributed by atoms with Gasteiger partial charge in [-0.1, -0.05) is 17.4 Å². The van der Waals surface area contributed by atoms with Gasteiger partial charge >= 0.3 is 12.3 Å². The summed E-state index contributed by atoms with van der Waals surface area (Å²) in [4.78, 5) is 16.0. The maximum atomic E-state index is 12.7. The molecule has 2 aromatic heterocycles. The minimum Gasteiger partial charge on any atom is -0.465 e. The molecule has 0 amide bonds. The molecule has 0 bridgehead atoms. The molecule has 3 aromatic rings. The number of aryl methyl sites for hydroxylation is 1. The Morgan fingerprint density at radius 3 is 2.79 bits per heavy atom. The Kier molecular flexibility index (Phi) is 4.51. The molecule has 0 N–H and O–H groups in total. The lowest BCUT2D eigenvalue weighted by Gasteiger charge is -2.14. The summed E-state index contributed by atoms with van der Waals surface area (Å²) in [6.07, 6.45) is 1.55. The van der Waals surface area contributed by atoms with E-state index in [0.717, 1.165) is 9.36 Å². The number of ether oxygens (including phenoxy) is 2. The summed E-state index contributed by atoms with van der Waals surface area (Å²) >= 11 is 1.25. The van der Waals surface area contributed by atoms with Gasteiger partial charge in [-0.2, -0.15) is 18.1 Å². The lowest BCUT2D eigenvalue weighted by Crippen LogP contribution is -2.23. The highest BCUT2D eigenvalue weighted by molar-refractivity contribution is 7.11. The molecule has 0 saturated carbocycles. The number of hydrogen-bond acceptors (Lipinski definition) is 7. The number of tetrazole rings is 1. The van der Waals surface area contributed by atoms with E-state index in [1.165, 1.54) is 36.6 Å². The highest BCUT2D eigenvalue weighted by atomic mass is 32.1. The van der Waals surface area contributed by atoms with Gasteiger partial charge in [0.15, 0.2) is 0 Å². The maximum Gasteiger partial charge on any atom is 0.387 e. The number of alkyl halides is 2. The van der Waals surface area contributed by atoms with Crippen LogP contribution in [0.1, 0.15) is 5.56 Å². The molecule has 2 heterocycles. The van der Waals surface area contributed by atoms with Crippen LogP contribution >= 0.6 is 11.3 Å². The fraction of sp³-hybridized carbons (Fsp3) is 0.231. The van der Waals surface area contributed by atoms with Gasteiger partial charge in [-0.05, 0) is 22.6 Å². The summed E-state index contributed by atoms with van der Waals surface area (Å²) in [5, 5.41) is 9.40. The van der Waals surface area contributed by atoms with Crippen LogP contribution in [-0.4, -0.2) is 31.4 Å². The van der Waals surface area contributed by atoms with Crippen LogP contribution in [0.25, 0.3) is 5.69 Å². The summed E-state index contributed by atoms with van der Waals surface area (Å²) in [6.45, 7) is -3.15. The van der Waals surface area contributed by atoms with Crippen molar-refractivity contribution in [3.63, 3.8) is 0 Å². The van der Waals surface area contributed by atoms with Crippen molar-refractivity contribution in [2.45, 2.75) is 13.2 Å². The molecule has 0 radical (unpaired) electrons. The molecule has 0 fully saturated rings. The van der Waals surface area contributed by atoms with Crippen LogP contribution in [0.4, 0.5) is 8.78 Å². The van der Waals surface area contributed by atoms with Crippen molar-refractivity contribution in [1.29, 1.82) is 0 Å². The van der Waals surface area contributed by atoms with Crippen molar-refractivity contribution in [3.05, 3.63) is 45.8 Å². The van der Waals surface area contributed by atoms with E-state index in [2.05, 4.69) is 20.1 Å². The largest absolute Gasteiger partial charge is 0.465 e. The lowest BCUT2D eigenvalue weighted by atomic mass is 10.1. The first-order valence-corrected chi connectivity index (χ1v) is 7.52. The number of nitrogens with zero attached hydrogens (tertiary/aromatic N) is 5. The van der Waals surface area contributed by atoms with Crippen LogP contribution in [-0.2, 0) is 13.7 Å². The second-order valence-corrected chi connectivity index (χ2v) is 5.37. The van der Waals surface area contributed by atoms with Crippen LogP contribution in [0.5, 0.6) is 10.9 Å². The number of hydrogen-bond donors (Lipinski definition) is 0. The predicted octanol–water partition coefficient (Wildman–Crippen LogP) is 1.60. The van der Waals surface area contributed by atoms with Crippen molar-refractivity contribution >= 4 is 11.3 Å². The molecule has 0 aliphatic carbocycles. The first-order chi connectivity index (χ1) is 11.6. The van der Waals surface area contributed by atoms with E-state index in [1.807, 2.05) is 0 Å². The van der Waals surface area contributed by atoms with Crippen molar-refractivity contribution in [2.24, 2.45) is 7.05 Å². The zero-order chi connectivity index (χ0) is 17.1. The van der Waals surface area contributed by atoms with Crippen molar-refractivity contribution in [2.75, 3.05) is 0 Å². The van der Waals surface area contributed by atoms with E-state index in [9.17, 15) is 13.6 Å². The Balaban J connectivity index is 2.03. The molecule has 24 heavy (non-hydrogen) atoms. The summed E-state index contributed by atoms with van der Waals surface area (Å²) in [6, 6.07) is 4.37. The van der Waals surface area contributed by atoms with Crippen LogP contribution in [0, 0.1) is 0 Å². The third-order valence-corrected chi connectivity index (χ3v) is 3.71. The maximum absolute atomic E-state index is 12.7. The molecule has 0 spiro atoms. The summed E-state index contributed by atoms with van der Waals surface area (Å²) in [7, 11) is 1.43. The number of halogens is 2. The zero-order valence-electron chi connectivity index (χ0n) is 12.3. The Morgan fingerprint density at radius 2 is 2.17 bits per heavy atom. The van der Waals surface area contributed by atoms with Gasteiger partial charge in [0, 0.05) is 18.6 Å². The minimum atomic E-state index is -3.02. The summed E-state index contributed by atoms with van der Waals surface area (Å²) < 4.78 is 37.3. The monoisotopic (exact) mass is 355 g/mol. The van der Waals surface area contributed by atoms with E-state index >= 15 is 0 Å². The summed E-state index contributed by atoms with van der Waals surface area (Å²) in [5.74, 6) is -0.114. The fourth-order valence-corrected chi connectivity index (χ4v) is 2.47. The topological polar surface area (TPSA) is 84.1 Å². The average Bonchev–Trinajstić information content (AvgIpc) is 3.17. The highest BCUT2D eigenvalue weighted by Gasteiger charge is 2.18. The van der Waals surface area contributed by atoms with E-state index in [4.69, 9.17) is 4.74 Å². The van der Waals surface area contributed by atoms with Gasteiger partial charge in [0.1, 0.15) is 12.4 Å². The molecule has 0 aliphatic rings. The van der Waals surface area contributed by atoms with E-state index < -0.39 is 12.3 Å². The molecule has 0 aliphatic heterocycles. The molecule has 11 heteroatoms. The lowest BCUT2D eigenvalue weighted by molar-refractivity contribution is -0.0508. The van der Waals surface area contributed by atoms with Gasteiger partial charge < -0.3 is 9.47 Å². The molecule has 3 rings (SSSR count). The van der Waals surface area contributed by atoms with E-state index in [1.54, 1.807) is 11.6 Å². The normalized spacial score (nSPS) is 11.0. The number of aromatic nitrogens is 5. The Hall–Kier alpha value is -2.82. The number of rotatable bonds is 6. The molecule has 8 nitrogen and oxygen atoms in total. The van der Waals surface area contributed by atoms with Gasteiger partial charge in [0.25, 0.3) is 5.19 Å². The first kappa shape index (κ1) is 16.1. The van der Waals surface area contributed by atoms with Gasteiger partial charge in [0.2, 0.25) is 0 Å². The second-order valence-electron chi connectivity index (χ2n) is 4.52. The molecule has 126 valence electrons.